The predicted octanol–water partition coefficient (Wildman–Crippen LogP) is 3.63. The second-order valence-electron chi connectivity index (χ2n) is 12.6. The molecule has 0 spiro atoms. The second kappa shape index (κ2) is 23.1. The minimum atomic E-state index is -1.22. The lowest BCUT2D eigenvalue weighted by Gasteiger charge is -2.21. The highest BCUT2D eigenvalue weighted by atomic mass is 16.6. The Morgan fingerprint density at radius 3 is 1.51 bits per heavy atom. The first kappa shape index (κ1) is 49.8. The van der Waals surface area contributed by atoms with Gasteiger partial charge in [-0.1, -0.05) is 0 Å². The number of carboxylic acids is 1. The number of carbonyl (C=O) groups is 5. The summed E-state index contributed by atoms with van der Waals surface area (Å²) >= 11 is 0. The van der Waals surface area contributed by atoms with E-state index in [0.29, 0.717) is 5.56 Å². The fourth-order valence-corrected chi connectivity index (χ4v) is 4.29. The van der Waals surface area contributed by atoms with Crippen molar-refractivity contribution in [2.45, 2.75) is 74.8 Å². The molecule has 1 amide bonds. The standard InChI is InChI=1S/C14H20N2O5.C9H12N2O3.C9H10O4.C7H6O4/c1-6-20-12(18)11-9(2)10(17)7-8-16(11)15-13(19)21-14(3,4)5;1-3-14-9(13)8-6(2)7(12)4-5-11(8)10;1-3-12-9(11)8-6(2)7(10)4-5-13-8;1-4-5(8)2-3-11-6(4)7(9)10/h7-8H,6H2,1-5H3,(H,15,19);4-5H,3,10H2,1-2H3;4-5H,3H2,1-2H3;2-3H,1H3,(H,9,10). The van der Waals surface area contributed by atoms with E-state index in [2.05, 4.69) is 9.84 Å². The van der Waals surface area contributed by atoms with Gasteiger partial charge in [-0.2, -0.15) is 0 Å². The Labute approximate surface area is 337 Å². The molecule has 0 atom stereocenters. The fourth-order valence-electron chi connectivity index (χ4n) is 4.29. The van der Waals surface area contributed by atoms with Crippen LogP contribution in [0.4, 0.5) is 4.79 Å². The number of nitrogens with one attached hydrogen (secondary N) is 1. The summed E-state index contributed by atoms with van der Waals surface area (Å²) in [6.45, 7) is 16.8. The quantitative estimate of drug-likeness (QED) is 0.130. The summed E-state index contributed by atoms with van der Waals surface area (Å²) in [4.78, 5) is 101. The Hall–Kier alpha value is -7.25. The zero-order valence-corrected chi connectivity index (χ0v) is 34.3. The fraction of sp³-hybridized carbons (Fsp3) is 0.359. The first-order valence-electron chi connectivity index (χ1n) is 17.6. The van der Waals surface area contributed by atoms with Crippen molar-refractivity contribution >= 4 is 30.0 Å². The van der Waals surface area contributed by atoms with Crippen molar-refractivity contribution in [1.29, 1.82) is 0 Å². The molecule has 20 heteroatoms. The lowest BCUT2D eigenvalue weighted by molar-refractivity contribution is 0.0480. The Morgan fingerprint density at radius 1 is 0.644 bits per heavy atom. The number of pyridine rings is 2. The van der Waals surface area contributed by atoms with E-state index in [-0.39, 0.29) is 81.1 Å². The SMILES string of the molecule is CCOC(=O)c1c(C)c(=O)ccn1N.CCOC(=O)c1c(C)c(=O)ccn1NC(=O)OC(C)(C)C.CCOC(=O)c1occc(=O)c1C.Cc1c(C(=O)O)occc1=O. The maximum absolute atomic E-state index is 11.9. The van der Waals surface area contributed by atoms with Crippen molar-refractivity contribution in [1.82, 2.24) is 9.35 Å². The maximum atomic E-state index is 11.9. The van der Waals surface area contributed by atoms with Crippen molar-refractivity contribution in [2.75, 3.05) is 31.1 Å². The summed E-state index contributed by atoms with van der Waals surface area (Å²) in [5.74, 6) is 2.09. The van der Waals surface area contributed by atoms with Gasteiger partial charge < -0.3 is 38.7 Å². The van der Waals surface area contributed by atoms with Gasteiger partial charge in [0.15, 0.2) is 33.1 Å². The second-order valence-corrected chi connectivity index (χ2v) is 12.6. The molecular formula is C39H48N4O16. The number of carboxylic acid groups (broad SMARTS) is 1. The van der Waals surface area contributed by atoms with Crippen LogP contribution in [0.3, 0.4) is 0 Å². The highest BCUT2D eigenvalue weighted by molar-refractivity contribution is 5.90. The van der Waals surface area contributed by atoms with E-state index in [1.807, 2.05) is 0 Å². The molecule has 0 aliphatic heterocycles. The number of carbonyl (C=O) groups excluding carboxylic acids is 4. The van der Waals surface area contributed by atoms with Gasteiger partial charge >= 0.3 is 30.0 Å². The first-order chi connectivity index (χ1) is 27.5. The molecule has 4 rings (SSSR count). The van der Waals surface area contributed by atoms with Gasteiger partial charge in [0, 0.05) is 58.9 Å². The number of esters is 3. The molecule has 0 saturated heterocycles. The summed E-state index contributed by atoms with van der Waals surface area (Å²) in [6.07, 6.45) is 4.13. The number of ether oxygens (including phenoxy) is 4. The van der Waals surface area contributed by atoms with Crippen LogP contribution in [-0.4, -0.2) is 69.9 Å². The molecule has 320 valence electrons. The Morgan fingerprint density at radius 2 is 1.05 bits per heavy atom. The van der Waals surface area contributed by atoms with Crippen LogP contribution >= 0.6 is 0 Å². The van der Waals surface area contributed by atoms with Crippen LogP contribution in [0.15, 0.2) is 77.2 Å². The van der Waals surface area contributed by atoms with Gasteiger partial charge in [-0.15, -0.1) is 0 Å². The molecule has 4 heterocycles. The first-order valence-corrected chi connectivity index (χ1v) is 17.6. The third kappa shape index (κ3) is 15.3. The number of hydrogen-bond acceptors (Lipinski definition) is 16. The molecule has 0 aliphatic carbocycles. The van der Waals surface area contributed by atoms with Crippen molar-refractivity contribution in [3.05, 3.63) is 135 Å². The third-order valence-electron chi connectivity index (χ3n) is 7.14. The summed E-state index contributed by atoms with van der Waals surface area (Å²) in [6, 6.07) is 4.99. The summed E-state index contributed by atoms with van der Waals surface area (Å²) in [7, 11) is 0. The molecule has 0 bridgehead atoms. The van der Waals surface area contributed by atoms with Crippen molar-refractivity contribution in [2.24, 2.45) is 0 Å². The number of amides is 1. The number of aromatic nitrogens is 2. The van der Waals surface area contributed by atoms with Crippen molar-refractivity contribution < 1.29 is 56.9 Å². The molecule has 0 fully saturated rings. The number of nitrogens with zero attached hydrogens (tertiary/aromatic N) is 2. The summed E-state index contributed by atoms with van der Waals surface area (Å²) in [5, 5.41) is 8.46. The Balaban J connectivity index is 0.000000406. The van der Waals surface area contributed by atoms with Gasteiger partial charge in [-0.25, -0.2) is 29.4 Å². The molecule has 0 aromatic carbocycles. The molecule has 4 aromatic rings. The van der Waals surface area contributed by atoms with Crippen LogP contribution < -0.4 is 33.0 Å². The molecular weight excluding hydrogens is 780 g/mol. The zero-order chi connectivity index (χ0) is 45.2. The van der Waals surface area contributed by atoms with Crippen LogP contribution in [0.25, 0.3) is 0 Å². The number of rotatable bonds is 8. The third-order valence-corrected chi connectivity index (χ3v) is 7.14. The number of nitrogens with two attached hydrogens (primary N) is 1. The lowest BCUT2D eigenvalue weighted by Crippen LogP contribution is -2.35. The maximum Gasteiger partial charge on any atom is 0.426 e. The average Bonchev–Trinajstić information content (AvgIpc) is 3.14. The van der Waals surface area contributed by atoms with Gasteiger partial charge in [0.25, 0.3) is 0 Å². The summed E-state index contributed by atoms with van der Waals surface area (Å²) < 4.78 is 31.2. The topological polar surface area (TPSA) is 285 Å². The molecule has 0 aliphatic rings. The Kier molecular flexibility index (Phi) is 19.5. The van der Waals surface area contributed by atoms with E-state index in [1.54, 1.807) is 41.5 Å². The molecule has 59 heavy (non-hydrogen) atoms. The van der Waals surface area contributed by atoms with Crippen molar-refractivity contribution in [3.63, 3.8) is 0 Å². The predicted molar refractivity (Wildman–Crippen MR) is 211 cm³/mol. The van der Waals surface area contributed by atoms with Gasteiger partial charge in [-0.05, 0) is 69.2 Å². The molecule has 20 nitrogen and oxygen atoms in total. The zero-order valence-electron chi connectivity index (χ0n) is 34.3. The van der Waals surface area contributed by atoms with Crippen molar-refractivity contribution in [3.8, 4) is 0 Å². The van der Waals surface area contributed by atoms with E-state index in [0.717, 1.165) is 15.6 Å². The van der Waals surface area contributed by atoms with Crippen LogP contribution in [0.2, 0.25) is 0 Å². The lowest BCUT2D eigenvalue weighted by atomic mass is 10.2. The minimum Gasteiger partial charge on any atom is -0.475 e. The van der Waals surface area contributed by atoms with Gasteiger partial charge in [-0.3, -0.25) is 28.5 Å². The smallest absolute Gasteiger partial charge is 0.426 e. The van der Waals surface area contributed by atoms with E-state index < -0.39 is 35.6 Å². The highest BCUT2D eigenvalue weighted by Gasteiger charge is 2.21. The number of aromatic carboxylic acids is 1. The van der Waals surface area contributed by atoms with Crippen LogP contribution in [0, 0.1) is 27.7 Å². The van der Waals surface area contributed by atoms with Gasteiger partial charge in [0.1, 0.15) is 5.60 Å². The van der Waals surface area contributed by atoms with Crippen LogP contribution in [-0.2, 0) is 18.9 Å². The summed E-state index contributed by atoms with van der Waals surface area (Å²) in [5.41, 5.74) is 1.57. The normalized spacial score (nSPS) is 10.1. The van der Waals surface area contributed by atoms with E-state index in [9.17, 15) is 43.2 Å². The van der Waals surface area contributed by atoms with Gasteiger partial charge in [0.2, 0.25) is 11.5 Å². The van der Waals surface area contributed by atoms with E-state index in [1.165, 1.54) is 70.6 Å². The molecule has 4 aromatic heterocycles. The average molecular weight is 829 g/mol. The van der Waals surface area contributed by atoms with Crippen LogP contribution in [0.5, 0.6) is 0 Å². The molecule has 0 unspecified atom stereocenters. The van der Waals surface area contributed by atoms with E-state index in [4.69, 9.17) is 34.3 Å². The van der Waals surface area contributed by atoms with Crippen LogP contribution in [0.1, 0.15) is 106 Å². The highest BCUT2D eigenvalue weighted by Crippen LogP contribution is 2.10. The Bertz CT molecular complexity index is 2360. The minimum absolute atomic E-state index is 0.0191. The number of nitrogen functional groups attached to an aromatic ring is 1. The molecule has 0 radical (unpaired) electrons. The van der Waals surface area contributed by atoms with E-state index >= 15 is 0 Å². The number of hydrogen-bond donors (Lipinski definition) is 3. The molecule has 4 N–H and O–H groups in total. The monoisotopic (exact) mass is 828 g/mol. The largest absolute Gasteiger partial charge is 0.475 e. The molecule has 0 saturated carbocycles. The van der Waals surface area contributed by atoms with Gasteiger partial charge in [0.05, 0.1) is 32.3 Å².